The SMILES string of the molecule is CCOC1CC(CC(=O)N(C)CCC(C)Cl)C1. The molecule has 0 aliphatic heterocycles. The molecular weight excluding hydrogens is 238 g/mol. The Morgan fingerprint density at radius 1 is 1.53 bits per heavy atom. The summed E-state index contributed by atoms with van der Waals surface area (Å²) in [6.45, 7) is 5.50. The lowest BCUT2D eigenvalue weighted by molar-refractivity contribution is -0.133. The van der Waals surface area contributed by atoms with E-state index < -0.39 is 0 Å². The van der Waals surface area contributed by atoms with E-state index in [1.165, 1.54) is 0 Å². The first-order valence-corrected chi connectivity index (χ1v) is 6.96. The highest BCUT2D eigenvalue weighted by Crippen LogP contribution is 2.32. The fourth-order valence-electron chi connectivity index (χ4n) is 2.11. The second-order valence-corrected chi connectivity index (χ2v) is 5.75. The zero-order valence-corrected chi connectivity index (χ0v) is 11.9. The number of halogens is 1. The number of carbonyl (C=O) groups is 1. The summed E-state index contributed by atoms with van der Waals surface area (Å²) in [4.78, 5) is 13.7. The summed E-state index contributed by atoms with van der Waals surface area (Å²) in [7, 11) is 1.86. The second-order valence-electron chi connectivity index (χ2n) is 5.00. The van der Waals surface area contributed by atoms with Crippen molar-refractivity contribution < 1.29 is 9.53 Å². The maximum Gasteiger partial charge on any atom is 0.222 e. The number of amides is 1. The molecule has 100 valence electrons. The third kappa shape index (κ3) is 5.26. The van der Waals surface area contributed by atoms with E-state index in [0.717, 1.165) is 32.4 Å². The van der Waals surface area contributed by atoms with Crippen molar-refractivity contribution in [1.29, 1.82) is 0 Å². The Balaban J connectivity index is 2.13. The molecule has 0 aromatic heterocycles. The van der Waals surface area contributed by atoms with Crippen LogP contribution in [0.25, 0.3) is 0 Å². The zero-order valence-electron chi connectivity index (χ0n) is 11.1. The Morgan fingerprint density at radius 2 is 2.18 bits per heavy atom. The van der Waals surface area contributed by atoms with Crippen molar-refractivity contribution in [1.82, 2.24) is 4.90 Å². The Kier molecular flexibility index (Phi) is 6.28. The molecule has 1 aliphatic rings. The summed E-state index contributed by atoms with van der Waals surface area (Å²) >= 11 is 5.87. The first-order chi connectivity index (χ1) is 8.02. The Hall–Kier alpha value is -0.280. The number of rotatable bonds is 7. The average molecular weight is 262 g/mol. The lowest BCUT2D eigenvalue weighted by Crippen LogP contribution is -2.37. The third-order valence-corrected chi connectivity index (χ3v) is 3.56. The molecule has 4 heteroatoms. The Morgan fingerprint density at radius 3 is 2.71 bits per heavy atom. The number of nitrogens with zero attached hydrogens (tertiary/aromatic N) is 1. The van der Waals surface area contributed by atoms with Gasteiger partial charge in [-0.15, -0.1) is 11.6 Å². The predicted molar refractivity (Wildman–Crippen MR) is 70.3 cm³/mol. The summed E-state index contributed by atoms with van der Waals surface area (Å²) in [5, 5.41) is 0.135. The van der Waals surface area contributed by atoms with Crippen molar-refractivity contribution >= 4 is 17.5 Å². The third-order valence-electron chi connectivity index (χ3n) is 3.35. The highest BCUT2D eigenvalue weighted by atomic mass is 35.5. The van der Waals surface area contributed by atoms with Gasteiger partial charge < -0.3 is 9.64 Å². The zero-order chi connectivity index (χ0) is 12.8. The smallest absolute Gasteiger partial charge is 0.222 e. The van der Waals surface area contributed by atoms with Gasteiger partial charge in [0.05, 0.1) is 6.10 Å². The molecule has 1 fully saturated rings. The molecule has 0 radical (unpaired) electrons. The number of carbonyl (C=O) groups excluding carboxylic acids is 1. The van der Waals surface area contributed by atoms with Crippen molar-refractivity contribution in [3.05, 3.63) is 0 Å². The number of hydrogen-bond acceptors (Lipinski definition) is 2. The lowest BCUT2D eigenvalue weighted by atomic mass is 9.80. The minimum Gasteiger partial charge on any atom is -0.378 e. The van der Waals surface area contributed by atoms with Crippen molar-refractivity contribution in [2.24, 2.45) is 5.92 Å². The maximum atomic E-state index is 11.9. The molecule has 0 spiro atoms. The minimum absolute atomic E-state index is 0.135. The predicted octanol–water partition coefficient (Wildman–Crippen LogP) is 2.67. The van der Waals surface area contributed by atoms with Gasteiger partial charge in [-0.25, -0.2) is 0 Å². The van der Waals surface area contributed by atoms with Gasteiger partial charge in [0.2, 0.25) is 5.91 Å². The van der Waals surface area contributed by atoms with Crippen LogP contribution in [-0.2, 0) is 9.53 Å². The van der Waals surface area contributed by atoms with Crippen LogP contribution in [-0.4, -0.2) is 42.5 Å². The molecule has 0 heterocycles. The van der Waals surface area contributed by atoms with Gasteiger partial charge in [0.1, 0.15) is 0 Å². The number of hydrogen-bond donors (Lipinski definition) is 0. The van der Waals surface area contributed by atoms with Gasteiger partial charge in [-0.3, -0.25) is 4.79 Å². The van der Waals surface area contributed by atoms with Crippen LogP contribution in [0.2, 0.25) is 0 Å². The standard InChI is InChI=1S/C13H24ClNO2/c1-4-17-12-7-11(8-12)9-13(16)15(3)6-5-10(2)14/h10-12H,4-9H2,1-3H3. The summed E-state index contributed by atoms with van der Waals surface area (Å²) in [6.07, 6.45) is 4.00. The van der Waals surface area contributed by atoms with Gasteiger partial charge >= 0.3 is 0 Å². The molecule has 0 saturated heterocycles. The largest absolute Gasteiger partial charge is 0.378 e. The van der Waals surface area contributed by atoms with Crippen molar-refractivity contribution in [3.8, 4) is 0 Å². The molecule has 1 aliphatic carbocycles. The van der Waals surface area contributed by atoms with E-state index in [0.29, 0.717) is 18.4 Å². The first kappa shape index (κ1) is 14.8. The summed E-state index contributed by atoms with van der Waals surface area (Å²) < 4.78 is 5.49. The Labute approximate surface area is 109 Å². The van der Waals surface area contributed by atoms with E-state index in [-0.39, 0.29) is 11.3 Å². The molecule has 0 N–H and O–H groups in total. The molecule has 0 aromatic carbocycles. The molecule has 1 atom stereocenters. The van der Waals surface area contributed by atoms with E-state index in [1.54, 1.807) is 4.90 Å². The van der Waals surface area contributed by atoms with Gasteiger partial charge in [0.15, 0.2) is 0 Å². The van der Waals surface area contributed by atoms with Crippen molar-refractivity contribution in [2.45, 2.75) is 51.0 Å². The molecule has 1 rings (SSSR count). The minimum atomic E-state index is 0.135. The highest BCUT2D eigenvalue weighted by molar-refractivity contribution is 6.20. The van der Waals surface area contributed by atoms with E-state index >= 15 is 0 Å². The maximum absolute atomic E-state index is 11.9. The summed E-state index contributed by atoms with van der Waals surface area (Å²) in [6, 6.07) is 0. The molecule has 17 heavy (non-hydrogen) atoms. The van der Waals surface area contributed by atoms with Crippen LogP contribution in [0, 0.1) is 5.92 Å². The number of ether oxygens (including phenoxy) is 1. The highest BCUT2D eigenvalue weighted by Gasteiger charge is 2.31. The van der Waals surface area contributed by atoms with E-state index in [9.17, 15) is 4.79 Å². The topological polar surface area (TPSA) is 29.5 Å². The molecule has 0 aromatic rings. The van der Waals surface area contributed by atoms with E-state index in [2.05, 4.69) is 0 Å². The monoisotopic (exact) mass is 261 g/mol. The van der Waals surface area contributed by atoms with Crippen LogP contribution in [0.4, 0.5) is 0 Å². The fourth-order valence-corrected chi connectivity index (χ4v) is 2.21. The normalized spacial score (nSPS) is 25.2. The molecule has 0 bridgehead atoms. The quantitative estimate of drug-likeness (QED) is 0.660. The number of alkyl halides is 1. The molecule has 1 amide bonds. The van der Waals surface area contributed by atoms with Gasteiger partial charge in [-0.05, 0) is 39.0 Å². The van der Waals surface area contributed by atoms with Gasteiger partial charge in [-0.2, -0.15) is 0 Å². The first-order valence-electron chi connectivity index (χ1n) is 6.52. The average Bonchev–Trinajstić information content (AvgIpc) is 2.22. The van der Waals surface area contributed by atoms with Crippen LogP contribution < -0.4 is 0 Å². The lowest BCUT2D eigenvalue weighted by Gasteiger charge is -2.35. The van der Waals surface area contributed by atoms with Gasteiger partial charge in [0, 0.05) is 32.0 Å². The summed E-state index contributed by atoms with van der Waals surface area (Å²) in [5.74, 6) is 0.761. The molecule has 1 unspecified atom stereocenters. The van der Waals surface area contributed by atoms with Crippen molar-refractivity contribution in [2.75, 3.05) is 20.2 Å². The van der Waals surface area contributed by atoms with Crippen LogP contribution in [0.5, 0.6) is 0 Å². The second kappa shape index (κ2) is 7.22. The molecule has 3 nitrogen and oxygen atoms in total. The van der Waals surface area contributed by atoms with Gasteiger partial charge in [0.25, 0.3) is 0 Å². The van der Waals surface area contributed by atoms with Crippen molar-refractivity contribution in [3.63, 3.8) is 0 Å². The van der Waals surface area contributed by atoms with Crippen LogP contribution in [0.3, 0.4) is 0 Å². The Bertz CT molecular complexity index is 240. The summed E-state index contributed by atoms with van der Waals surface area (Å²) in [5.41, 5.74) is 0. The van der Waals surface area contributed by atoms with E-state index in [4.69, 9.17) is 16.3 Å². The fraction of sp³-hybridized carbons (Fsp3) is 0.923. The van der Waals surface area contributed by atoms with E-state index in [1.807, 2.05) is 20.9 Å². The van der Waals surface area contributed by atoms with Crippen LogP contribution >= 0.6 is 11.6 Å². The molecular formula is C13H24ClNO2. The van der Waals surface area contributed by atoms with Crippen LogP contribution in [0.15, 0.2) is 0 Å². The van der Waals surface area contributed by atoms with Crippen LogP contribution in [0.1, 0.15) is 39.5 Å². The van der Waals surface area contributed by atoms with Gasteiger partial charge in [-0.1, -0.05) is 0 Å². The molecule has 1 saturated carbocycles.